The molecule has 2 aromatic heterocycles. The number of hydrogen-bond acceptors (Lipinski definition) is 4. The average Bonchev–Trinajstić information content (AvgIpc) is 3.07. The van der Waals surface area contributed by atoms with Crippen LogP contribution in [-0.4, -0.2) is 12.5 Å². The second-order valence-electron chi connectivity index (χ2n) is 3.88. The molecule has 1 amide bonds. The first-order chi connectivity index (χ1) is 9.20. The molecule has 5 heteroatoms. The van der Waals surface area contributed by atoms with Crippen molar-refractivity contribution >= 4 is 28.6 Å². The Morgan fingerprint density at radius 1 is 1.47 bits per heavy atom. The summed E-state index contributed by atoms with van der Waals surface area (Å²) in [6.45, 7) is 2.31. The molecular formula is C14H14N2OS2. The van der Waals surface area contributed by atoms with Crippen LogP contribution in [0.25, 0.3) is 0 Å². The van der Waals surface area contributed by atoms with E-state index >= 15 is 0 Å². The van der Waals surface area contributed by atoms with Gasteiger partial charge in [0.15, 0.2) is 0 Å². The van der Waals surface area contributed by atoms with Crippen LogP contribution in [0.1, 0.15) is 32.4 Å². The molecule has 19 heavy (non-hydrogen) atoms. The molecule has 98 valence electrons. The Morgan fingerprint density at radius 3 is 3.00 bits per heavy atom. The maximum atomic E-state index is 12.1. The Bertz CT molecular complexity index is 605. The van der Waals surface area contributed by atoms with Crippen molar-refractivity contribution in [2.45, 2.75) is 13.0 Å². The quantitative estimate of drug-likeness (QED) is 0.854. The van der Waals surface area contributed by atoms with Crippen molar-refractivity contribution < 1.29 is 4.79 Å². The third-order valence-corrected chi connectivity index (χ3v) is 4.52. The topological polar surface area (TPSA) is 55.1 Å². The second kappa shape index (κ2) is 6.53. The number of nitrogens with one attached hydrogen (secondary N) is 1. The van der Waals surface area contributed by atoms with E-state index in [0.29, 0.717) is 11.4 Å². The van der Waals surface area contributed by atoms with Gasteiger partial charge in [-0.2, -0.15) is 0 Å². The van der Waals surface area contributed by atoms with Gasteiger partial charge in [0.05, 0.1) is 22.3 Å². The van der Waals surface area contributed by atoms with E-state index in [-0.39, 0.29) is 11.9 Å². The summed E-state index contributed by atoms with van der Waals surface area (Å²) in [6.07, 6.45) is 0. The second-order valence-corrected chi connectivity index (χ2v) is 5.94. The van der Waals surface area contributed by atoms with Gasteiger partial charge in [-0.15, -0.1) is 22.7 Å². The minimum atomic E-state index is -0.0632. The van der Waals surface area contributed by atoms with Crippen molar-refractivity contribution in [1.82, 2.24) is 5.32 Å². The summed E-state index contributed by atoms with van der Waals surface area (Å²) in [4.78, 5) is 14.7. The lowest BCUT2D eigenvalue weighted by molar-refractivity contribution is 0.0944. The van der Waals surface area contributed by atoms with Gasteiger partial charge >= 0.3 is 0 Å². The van der Waals surface area contributed by atoms with Gasteiger partial charge in [-0.25, -0.2) is 0 Å². The van der Waals surface area contributed by atoms with Gasteiger partial charge in [0.2, 0.25) is 0 Å². The predicted molar refractivity (Wildman–Crippen MR) is 80.5 cm³/mol. The first-order valence-corrected chi connectivity index (χ1v) is 7.53. The van der Waals surface area contributed by atoms with Crippen LogP contribution in [0, 0.1) is 11.8 Å². The van der Waals surface area contributed by atoms with Gasteiger partial charge in [-0.3, -0.25) is 4.79 Å². The molecule has 3 nitrogen and oxygen atoms in total. The van der Waals surface area contributed by atoms with Gasteiger partial charge in [-0.1, -0.05) is 17.9 Å². The standard InChI is InChI=1S/C14H14N2OS2/c1-10(12-5-3-9-18-12)16-14(17)13-7-6-11(19-13)4-2-8-15/h3,5-7,9-10H,8,15H2,1H3,(H,16,17). The van der Waals surface area contributed by atoms with Crippen molar-refractivity contribution in [2.24, 2.45) is 5.73 Å². The van der Waals surface area contributed by atoms with Crippen LogP contribution in [0.2, 0.25) is 0 Å². The lowest BCUT2D eigenvalue weighted by Gasteiger charge is -2.10. The maximum Gasteiger partial charge on any atom is 0.261 e. The van der Waals surface area contributed by atoms with Crippen LogP contribution in [0.5, 0.6) is 0 Å². The van der Waals surface area contributed by atoms with E-state index in [1.807, 2.05) is 30.5 Å². The van der Waals surface area contributed by atoms with E-state index in [1.54, 1.807) is 17.4 Å². The van der Waals surface area contributed by atoms with Gasteiger partial charge in [0, 0.05) is 4.88 Å². The van der Waals surface area contributed by atoms with Crippen molar-refractivity contribution in [3.8, 4) is 11.8 Å². The molecule has 0 bridgehead atoms. The highest BCUT2D eigenvalue weighted by Crippen LogP contribution is 2.20. The number of thiophene rings is 2. The van der Waals surface area contributed by atoms with Crippen LogP contribution in [0.15, 0.2) is 29.6 Å². The summed E-state index contributed by atoms with van der Waals surface area (Å²) < 4.78 is 0. The Hall–Kier alpha value is -1.61. The molecular weight excluding hydrogens is 276 g/mol. The summed E-state index contributed by atoms with van der Waals surface area (Å²) in [6, 6.07) is 7.66. The molecule has 1 atom stereocenters. The number of amides is 1. The van der Waals surface area contributed by atoms with E-state index in [4.69, 9.17) is 5.73 Å². The van der Waals surface area contributed by atoms with Crippen LogP contribution >= 0.6 is 22.7 Å². The summed E-state index contributed by atoms with van der Waals surface area (Å²) >= 11 is 3.02. The zero-order chi connectivity index (χ0) is 13.7. The first-order valence-electron chi connectivity index (χ1n) is 5.83. The van der Waals surface area contributed by atoms with Crippen molar-refractivity contribution in [2.75, 3.05) is 6.54 Å². The summed E-state index contributed by atoms with van der Waals surface area (Å²) in [5, 5.41) is 4.98. The fourth-order valence-electron chi connectivity index (χ4n) is 1.54. The van der Waals surface area contributed by atoms with E-state index < -0.39 is 0 Å². The predicted octanol–water partition coefficient (Wildman–Crippen LogP) is 2.61. The number of nitrogens with two attached hydrogens (primary N) is 1. The van der Waals surface area contributed by atoms with Crippen LogP contribution < -0.4 is 11.1 Å². The summed E-state index contributed by atoms with van der Waals surface area (Å²) in [5.74, 6) is 5.64. The van der Waals surface area contributed by atoms with Gasteiger partial charge in [0.25, 0.3) is 5.91 Å². The molecule has 0 aliphatic heterocycles. The highest BCUT2D eigenvalue weighted by molar-refractivity contribution is 7.14. The maximum absolute atomic E-state index is 12.1. The molecule has 0 fully saturated rings. The number of hydrogen-bond donors (Lipinski definition) is 2. The first kappa shape index (κ1) is 13.8. The van der Waals surface area contributed by atoms with Gasteiger partial charge in [-0.05, 0) is 30.5 Å². The zero-order valence-electron chi connectivity index (χ0n) is 10.5. The molecule has 0 spiro atoms. The SMILES string of the molecule is CC(NC(=O)c1ccc(C#CCN)s1)c1cccs1. The third kappa shape index (κ3) is 3.67. The van der Waals surface area contributed by atoms with Crippen LogP contribution in [-0.2, 0) is 0 Å². The molecule has 0 saturated carbocycles. The van der Waals surface area contributed by atoms with E-state index in [0.717, 1.165) is 9.75 Å². The minimum Gasteiger partial charge on any atom is -0.344 e. The summed E-state index contributed by atoms with van der Waals surface area (Å²) in [7, 11) is 0. The van der Waals surface area contributed by atoms with Crippen LogP contribution in [0.3, 0.4) is 0 Å². The Labute approximate surface area is 120 Å². The van der Waals surface area contributed by atoms with E-state index in [2.05, 4.69) is 17.2 Å². The molecule has 3 N–H and O–H groups in total. The molecule has 2 rings (SSSR count). The fraction of sp³-hybridized carbons (Fsp3) is 0.214. The third-order valence-electron chi connectivity index (χ3n) is 2.46. The molecule has 0 saturated heterocycles. The van der Waals surface area contributed by atoms with Crippen molar-refractivity contribution in [1.29, 1.82) is 0 Å². The van der Waals surface area contributed by atoms with E-state index in [1.165, 1.54) is 11.3 Å². The van der Waals surface area contributed by atoms with E-state index in [9.17, 15) is 4.79 Å². The molecule has 2 heterocycles. The summed E-state index contributed by atoms with van der Waals surface area (Å²) in [5.41, 5.74) is 5.32. The Balaban J connectivity index is 2.02. The molecule has 0 radical (unpaired) electrons. The van der Waals surface area contributed by atoms with Gasteiger partial charge in [0.1, 0.15) is 0 Å². The van der Waals surface area contributed by atoms with Crippen LogP contribution in [0.4, 0.5) is 0 Å². The molecule has 1 unspecified atom stereocenters. The Morgan fingerprint density at radius 2 is 2.32 bits per heavy atom. The minimum absolute atomic E-state index is 0.0215. The lowest BCUT2D eigenvalue weighted by atomic mass is 10.2. The lowest BCUT2D eigenvalue weighted by Crippen LogP contribution is -2.25. The van der Waals surface area contributed by atoms with Crippen molar-refractivity contribution in [3.05, 3.63) is 44.3 Å². The number of rotatable bonds is 3. The Kier molecular flexibility index (Phi) is 4.74. The average molecular weight is 290 g/mol. The normalized spacial score (nSPS) is 11.5. The molecule has 0 aliphatic rings. The van der Waals surface area contributed by atoms with Crippen molar-refractivity contribution in [3.63, 3.8) is 0 Å². The fourth-order valence-corrected chi connectivity index (χ4v) is 3.06. The molecule has 0 aromatic carbocycles. The molecule has 0 aliphatic carbocycles. The van der Waals surface area contributed by atoms with Gasteiger partial charge < -0.3 is 11.1 Å². The highest BCUT2D eigenvalue weighted by Gasteiger charge is 2.13. The monoisotopic (exact) mass is 290 g/mol. The molecule has 2 aromatic rings. The smallest absolute Gasteiger partial charge is 0.261 e. The number of carbonyl (C=O) groups excluding carboxylic acids is 1. The number of carbonyl (C=O) groups is 1. The largest absolute Gasteiger partial charge is 0.344 e. The zero-order valence-corrected chi connectivity index (χ0v) is 12.1. The highest BCUT2D eigenvalue weighted by atomic mass is 32.1.